The topological polar surface area (TPSA) is 21.3 Å². The van der Waals surface area contributed by atoms with E-state index < -0.39 is 11.6 Å². The van der Waals surface area contributed by atoms with Gasteiger partial charge in [0.15, 0.2) is 11.6 Å². The molecule has 0 bridgehead atoms. The van der Waals surface area contributed by atoms with E-state index in [1.807, 2.05) is 13.8 Å². The Balaban J connectivity index is 2.09. The van der Waals surface area contributed by atoms with Gasteiger partial charge in [-0.25, -0.2) is 8.78 Å². The van der Waals surface area contributed by atoms with E-state index in [0.29, 0.717) is 5.56 Å². The van der Waals surface area contributed by atoms with Crippen LogP contribution >= 0.6 is 0 Å². The lowest BCUT2D eigenvalue weighted by molar-refractivity contribution is 0.111. The van der Waals surface area contributed by atoms with E-state index in [0.717, 1.165) is 19.1 Å². The highest BCUT2D eigenvalue weighted by atomic mass is 19.2. The van der Waals surface area contributed by atoms with E-state index in [1.165, 1.54) is 6.07 Å². The summed E-state index contributed by atoms with van der Waals surface area (Å²) in [6, 6.07) is 4.25. The van der Waals surface area contributed by atoms with Crippen LogP contribution in [0.3, 0.4) is 0 Å². The molecule has 94 valence electrons. The van der Waals surface area contributed by atoms with Gasteiger partial charge in [-0.3, -0.25) is 0 Å². The van der Waals surface area contributed by atoms with Crippen LogP contribution in [-0.2, 0) is 4.74 Å². The van der Waals surface area contributed by atoms with Crippen LogP contribution in [0.4, 0.5) is 8.78 Å². The molecule has 0 aromatic heterocycles. The van der Waals surface area contributed by atoms with Crippen LogP contribution in [0.5, 0.6) is 0 Å². The normalized spacial score (nSPS) is 26.1. The summed E-state index contributed by atoms with van der Waals surface area (Å²) in [6.07, 6.45) is 1.02. The lowest BCUT2D eigenvalue weighted by atomic mass is 10.0. The van der Waals surface area contributed by atoms with Crippen LogP contribution in [0, 0.1) is 11.6 Å². The van der Waals surface area contributed by atoms with E-state index >= 15 is 0 Å². The maximum atomic E-state index is 13.6. The molecule has 1 aliphatic rings. The fraction of sp³-hybridized carbons (Fsp3) is 0.538. The van der Waals surface area contributed by atoms with Crippen molar-refractivity contribution in [3.05, 3.63) is 35.4 Å². The first-order valence-electron chi connectivity index (χ1n) is 5.91. The number of nitrogens with one attached hydrogen (secondary N) is 1. The van der Waals surface area contributed by atoms with Crippen LogP contribution in [0.15, 0.2) is 18.2 Å². The second-order valence-electron chi connectivity index (χ2n) is 4.50. The molecule has 3 unspecified atom stereocenters. The fourth-order valence-corrected chi connectivity index (χ4v) is 2.22. The molecule has 1 aliphatic heterocycles. The summed E-state index contributed by atoms with van der Waals surface area (Å²) < 4.78 is 32.1. The quantitative estimate of drug-likeness (QED) is 0.878. The molecule has 1 aromatic rings. The molecular formula is C13H17F2NO. The zero-order valence-corrected chi connectivity index (χ0v) is 10.0. The van der Waals surface area contributed by atoms with Gasteiger partial charge in [0.1, 0.15) is 0 Å². The van der Waals surface area contributed by atoms with Crippen LogP contribution < -0.4 is 5.32 Å². The lowest BCUT2D eigenvalue weighted by Crippen LogP contribution is -2.36. The molecule has 0 saturated carbocycles. The summed E-state index contributed by atoms with van der Waals surface area (Å²) in [5, 5.41) is 3.28. The molecule has 1 heterocycles. The molecule has 17 heavy (non-hydrogen) atoms. The van der Waals surface area contributed by atoms with Gasteiger partial charge < -0.3 is 10.1 Å². The first-order chi connectivity index (χ1) is 8.09. The van der Waals surface area contributed by atoms with Crippen LogP contribution in [0.25, 0.3) is 0 Å². The first kappa shape index (κ1) is 12.5. The minimum atomic E-state index is -0.799. The van der Waals surface area contributed by atoms with Gasteiger partial charge in [-0.1, -0.05) is 12.1 Å². The monoisotopic (exact) mass is 241 g/mol. The predicted molar refractivity (Wildman–Crippen MR) is 61.7 cm³/mol. The van der Waals surface area contributed by atoms with E-state index in [2.05, 4.69) is 5.32 Å². The lowest BCUT2D eigenvalue weighted by Gasteiger charge is -2.22. The van der Waals surface area contributed by atoms with Crippen molar-refractivity contribution >= 4 is 0 Å². The van der Waals surface area contributed by atoms with E-state index in [9.17, 15) is 8.78 Å². The molecule has 1 aromatic carbocycles. The van der Waals surface area contributed by atoms with E-state index in [1.54, 1.807) is 6.07 Å². The molecule has 0 spiro atoms. The summed E-state index contributed by atoms with van der Waals surface area (Å²) in [6.45, 7) is 4.54. The molecule has 4 heteroatoms. The highest BCUT2D eigenvalue weighted by molar-refractivity contribution is 5.22. The second-order valence-corrected chi connectivity index (χ2v) is 4.50. The number of hydrogen-bond donors (Lipinski definition) is 1. The van der Waals surface area contributed by atoms with Crippen molar-refractivity contribution in [1.29, 1.82) is 0 Å². The third-order valence-electron chi connectivity index (χ3n) is 3.29. The molecule has 0 amide bonds. The van der Waals surface area contributed by atoms with E-state index in [-0.39, 0.29) is 18.2 Å². The Morgan fingerprint density at radius 1 is 1.41 bits per heavy atom. The van der Waals surface area contributed by atoms with Crippen LogP contribution in [-0.4, -0.2) is 18.8 Å². The molecule has 2 rings (SSSR count). The summed E-state index contributed by atoms with van der Waals surface area (Å²) in [4.78, 5) is 0. The fourth-order valence-electron chi connectivity index (χ4n) is 2.22. The molecule has 0 aliphatic carbocycles. The molecule has 1 fully saturated rings. The average Bonchev–Trinajstić information content (AvgIpc) is 2.68. The van der Waals surface area contributed by atoms with Gasteiger partial charge >= 0.3 is 0 Å². The van der Waals surface area contributed by atoms with Gasteiger partial charge in [0, 0.05) is 24.3 Å². The third-order valence-corrected chi connectivity index (χ3v) is 3.29. The SMILES string of the molecule is CC(NC1CCOC1C)c1cccc(F)c1F. The van der Waals surface area contributed by atoms with Gasteiger partial charge in [0.05, 0.1) is 6.10 Å². The zero-order chi connectivity index (χ0) is 12.4. The Labute approximate surface area is 100.0 Å². The Bertz CT molecular complexity index is 397. The van der Waals surface area contributed by atoms with Gasteiger partial charge in [-0.2, -0.15) is 0 Å². The van der Waals surface area contributed by atoms with Gasteiger partial charge in [-0.05, 0) is 26.3 Å². The van der Waals surface area contributed by atoms with Crippen LogP contribution in [0.1, 0.15) is 31.9 Å². The molecular weight excluding hydrogens is 224 g/mol. The largest absolute Gasteiger partial charge is 0.377 e. The van der Waals surface area contributed by atoms with Gasteiger partial charge in [0.2, 0.25) is 0 Å². The predicted octanol–water partition coefficient (Wildman–Crippen LogP) is 2.79. The maximum Gasteiger partial charge on any atom is 0.163 e. The van der Waals surface area contributed by atoms with Crippen molar-refractivity contribution in [3.63, 3.8) is 0 Å². The highest BCUT2D eigenvalue weighted by Crippen LogP contribution is 2.22. The van der Waals surface area contributed by atoms with Crippen molar-refractivity contribution in [2.75, 3.05) is 6.61 Å². The smallest absolute Gasteiger partial charge is 0.163 e. The standard InChI is InChI=1S/C13H17F2NO/c1-8(16-12-6-7-17-9(12)2)10-4-3-5-11(14)13(10)15/h3-5,8-9,12,16H,6-7H2,1-2H3. The molecule has 1 N–H and O–H groups in total. The third kappa shape index (κ3) is 2.64. The number of ether oxygens (including phenoxy) is 1. The first-order valence-corrected chi connectivity index (χ1v) is 5.91. The molecule has 2 nitrogen and oxygen atoms in total. The van der Waals surface area contributed by atoms with Gasteiger partial charge in [0.25, 0.3) is 0 Å². The Kier molecular flexibility index (Phi) is 3.74. The summed E-state index contributed by atoms with van der Waals surface area (Å²) in [7, 11) is 0. The number of halogens is 2. The van der Waals surface area contributed by atoms with Crippen molar-refractivity contribution in [1.82, 2.24) is 5.32 Å². The van der Waals surface area contributed by atoms with Crippen molar-refractivity contribution in [3.8, 4) is 0 Å². The highest BCUT2D eigenvalue weighted by Gasteiger charge is 2.26. The minimum absolute atomic E-state index is 0.120. The van der Waals surface area contributed by atoms with E-state index in [4.69, 9.17) is 4.74 Å². The summed E-state index contributed by atoms with van der Waals surface area (Å²) in [5.74, 6) is -1.56. The molecule has 0 radical (unpaired) electrons. The van der Waals surface area contributed by atoms with Crippen molar-refractivity contribution in [2.24, 2.45) is 0 Å². The molecule has 3 atom stereocenters. The summed E-state index contributed by atoms with van der Waals surface area (Å²) >= 11 is 0. The number of rotatable bonds is 3. The number of benzene rings is 1. The van der Waals surface area contributed by atoms with Crippen LogP contribution in [0.2, 0.25) is 0 Å². The summed E-state index contributed by atoms with van der Waals surface area (Å²) in [5.41, 5.74) is 0.365. The zero-order valence-electron chi connectivity index (χ0n) is 10.0. The Morgan fingerprint density at radius 3 is 2.82 bits per heavy atom. The van der Waals surface area contributed by atoms with Crippen molar-refractivity contribution in [2.45, 2.75) is 38.5 Å². The molecule has 1 saturated heterocycles. The van der Waals surface area contributed by atoms with Gasteiger partial charge in [-0.15, -0.1) is 0 Å². The average molecular weight is 241 g/mol. The van der Waals surface area contributed by atoms with Crippen molar-refractivity contribution < 1.29 is 13.5 Å². The number of hydrogen-bond acceptors (Lipinski definition) is 2. The maximum absolute atomic E-state index is 13.6. The minimum Gasteiger partial charge on any atom is -0.377 e. The Morgan fingerprint density at radius 2 is 2.18 bits per heavy atom. The Hall–Kier alpha value is -1.00. The second kappa shape index (κ2) is 5.10.